The number of nitrogens with zero attached hydrogens (tertiary/aromatic N) is 2. The molecule has 2 aliphatic heterocycles. The number of hydrogen-bond acceptors (Lipinski definition) is 3. The lowest BCUT2D eigenvalue weighted by Crippen LogP contribution is -2.38. The second-order valence-corrected chi connectivity index (χ2v) is 4.32. The Kier molecular flexibility index (Phi) is 2.98. The molecule has 0 aromatic heterocycles. The van der Waals surface area contributed by atoms with E-state index in [1.54, 1.807) is 0 Å². The minimum absolute atomic E-state index is 0.256. The van der Waals surface area contributed by atoms with E-state index in [1.165, 1.54) is 31.5 Å². The van der Waals surface area contributed by atoms with Crippen molar-refractivity contribution in [3.63, 3.8) is 0 Å². The number of rotatable bonds is 1. The lowest BCUT2D eigenvalue weighted by atomic mass is 10.0. The quantitative estimate of drug-likeness (QED) is 0.489. The van der Waals surface area contributed by atoms with Gasteiger partial charge in [0.25, 0.3) is 0 Å². The third-order valence-corrected chi connectivity index (χ3v) is 3.05. The van der Waals surface area contributed by atoms with Crippen LogP contribution in [0.3, 0.4) is 0 Å². The molecule has 0 aromatic rings. The lowest BCUT2D eigenvalue weighted by Gasteiger charge is -2.28. The molecule has 2 aliphatic rings. The molecule has 5 heteroatoms. The highest BCUT2D eigenvalue weighted by atomic mass is 32.1. The van der Waals surface area contributed by atoms with Crippen molar-refractivity contribution in [2.75, 3.05) is 13.1 Å². The molecular formula is C9H16N4S. The minimum Gasteiger partial charge on any atom is -0.375 e. The van der Waals surface area contributed by atoms with Crippen LogP contribution < -0.4 is 11.2 Å². The van der Waals surface area contributed by atoms with Crippen molar-refractivity contribution in [2.24, 2.45) is 10.8 Å². The topological polar surface area (TPSA) is 53.6 Å². The van der Waals surface area contributed by atoms with Crippen LogP contribution in [0.4, 0.5) is 0 Å². The zero-order chi connectivity index (χ0) is 9.97. The van der Waals surface area contributed by atoms with Crippen LogP contribution in [-0.2, 0) is 0 Å². The van der Waals surface area contributed by atoms with Crippen LogP contribution in [-0.4, -0.2) is 34.9 Å². The molecule has 2 rings (SSSR count). The van der Waals surface area contributed by atoms with Crippen LogP contribution in [0.5, 0.6) is 0 Å². The monoisotopic (exact) mass is 212 g/mol. The van der Waals surface area contributed by atoms with E-state index in [-0.39, 0.29) is 5.11 Å². The van der Waals surface area contributed by atoms with Gasteiger partial charge in [-0.25, -0.2) is 0 Å². The maximum Gasteiger partial charge on any atom is 0.184 e. The summed E-state index contributed by atoms with van der Waals surface area (Å²) in [7, 11) is 0. The molecule has 2 saturated heterocycles. The maximum absolute atomic E-state index is 5.34. The van der Waals surface area contributed by atoms with Gasteiger partial charge in [0.05, 0.1) is 5.71 Å². The van der Waals surface area contributed by atoms with E-state index in [4.69, 9.17) is 18.0 Å². The van der Waals surface area contributed by atoms with Crippen LogP contribution >= 0.6 is 12.2 Å². The SMILES string of the molecule is NC(=S)N/N=C1/CCN2CCCCC12. The van der Waals surface area contributed by atoms with E-state index in [9.17, 15) is 0 Å². The molecule has 78 valence electrons. The van der Waals surface area contributed by atoms with Crippen molar-refractivity contribution in [2.45, 2.75) is 31.7 Å². The zero-order valence-electron chi connectivity index (χ0n) is 8.20. The van der Waals surface area contributed by atoms with Crippen LogP contribution in [0.15, 0.2) is 5.10 Å². The van der Waals surface area contributed by atoms with Gasteiger partial charge in [-0.3, -0.25) is 10.3 Å². The van der Waals surface area contributed by atoms with Gasteiger partial charge in [-0.1, -0.05) is 6.42 Å². The Balaban J connectivity index is 1.99. The zero-order valence-corrected chi connectivity index (χ0v) is 9.02. The first-order chi connectivity index (χ1) is 6.77. The van der Waals surface area contributed by atoms with Crippen LogP contribution in [0.1, 0.15) is 25.7 Å². The Morgan fingerprint density at radius 1 is 1.50 bits per heavy atom. The third kappa shape index (κ3) is 2.04. The average molecular weight is 212 g/mol. The number of nitrogens with two attached hydrogens (primary N) is 1. The Morgan fingerprint density at radius 3 is 3.14 bits per heavy atom. The Hall–Kier alpha value is -0.680. The predicted octanol–water partition coefficient (Wildman–Crippen LogP) is 0.434. The fraction of sp³-hybridized carbons (Fsp3) is 0.778. The van der Waals surface area contributed by atoms with Gasteiger partial charge < -0.3 is 5.73 Å². The number of thiocarbonyl (C=S) groups is 1. The summed E-state index contributed by atoms with van der Waals surface area (Å²) in [6.45, 7) is 2.36. The van der Waals surface area contributed by atoms with E-state index in [2.05, 4.69) is 15.4 Å². The van der Waals surface area contributed by atoms with Crippen molar-refractivity contribution >= 4 is 23.0 Å². The molecule has 0 aliphatic carbocycles. The normalized spacial score (nSPS) is 30.3. The van der Waals surface area contributed by atoms with Gasteiger partial charge in [-0.2, -0.15) is 5.10 Å². The van der Waals surface area contributed by atoms with E-state index in [0.717, 1.165) is 13.0 Å². The van der Waals surface area contributed by atoms with Crippen LogP contribution in [0.25, 0.3) is 0 Å². The summed E-state index contributed by atoms with van der Waals surface area (Å²) in [6.07, 6.45) is 4.93. The standard InChI is InChI=1S/C9H16N4S/c10-9(14)12-11-7-4-6-13-5-2-1-3-8(7)13/h8H,1-6H2,(H3,10,12,14)/b11-7-. The summed E-state index contributed by atoms with van der Waals surface area (Å²) in [5.41, 5.74) is 9.25. The highest BCUT2D eigenvalue weighted by Gasteiger charge is 2.32. The lowest BCUT2D eigenvalue weighted by molar-refractivity contribution is 0.222. The summed E-state index contributed by atoms with van der Waals surface area (Å²) >= 11 is 4.72. The molecule has 2 heterocycles. The average Bonchev–Trinajstić information content (AvgIpc) is 2.58. The summed E-state index contributed by atoms with van der Waals surface area (Å²) in [5.74, 6) is 0. The molecule has 1 unspecified atom stereocenters. The maximum atomic E-state index is 5.34. The number of hydrogen-bond donors (Lipinski definition) is 2. The molecule has 1 atom stereocenters. The molecule has 3 N–H and O–H groups in total. The molecule has 0 bridgehead atoms. The number of piperidine rings is 1. The van der Waals surface area contributed by atoms with Gasteiger partial charge in [0.1, 0.15) is 0 Å². The van der Waals surface area contributed by atoms with Gasteiger partial charge in [0.2, 0.25) is 0 Å². The molecule has 0 radical (unpaired) electrons. The van der Waals surface area contributed by atoms with Gasteiger partial charge >= 0.3 is 0 Å². The van der Waals surface area contributed by atoms with Crippen LogP contribution in [0, 0.1) is 0 Å². The fourth-order valence-corrected chi connectivity index (χ4v) is 2.36. The van der Waals surface area contributed by atoms with Crippen LogP contribution in [0.2, 0.25) is 0 Å². The Bertz CT molecular complexity index is 264. The van der Waals surface area contributed by atoms with Crippen molar-refractivity contribution in [1.82, 2.24) is 10.3 Å². The van der Waals surface area contributed by atoms with E-state index in [1.807, 2.05) is 0 Å². The molecule has 0 amide bonds. The van der Waals surface area contributed by atoms with Gasteiger partial charge in [-0.15, -0.1) is 0 Å². The molecule has 0 saturated carbocycles. The first-order valence-electron chi connectivity index (χ1n) is 5.13. The molecule has 2 fully saturated rings. The summed E-state index contributed by atoms with van der Waals surface area (Å²) < 4.78 is 0. The summed E-state index contributed by atoms with van der Waals surface area (Å²) in [5, 5.41) is 4.52. The Labute approximate surface area is 89.5 Å². The highest BCUT2D eigenvalue weighted by molar-refractivity contribution is 7.80. The highest BCUT2D eigenvalue weighted by Crippen LogP contribution is 2.24. The summed E-state index contributed by atoms with van der Waals surface area (Å²) in [6, 6.07) is 0.547. The molecule has 14 heavy (non-hydrogen) atoms. The van der Waals surface area contributed by atoms with Gasteiger partial charge in [0, 0.05) is 19.0 Å². The van der Waals surface area contributed by atoms with E-state index >= 15 is 0 Å². The molecule has 0 aromatic carbocycles. The largest absolute Gasteiger partial charge is 0.375 e. The fourth-order valence-electron chi connectivity index (χ4n) is 2.32. The molecule has 0 spiro atoms. The first kappa shape index (κ1) is 9.86. The minimum atomic E-state index is 0.256. The van der Waals surface area contributed by atoms with Gasteiger partial charge in [-0.05, 0) is 31.6 Å². The Morgan fingerprint density at radius 2 is 2.36 bits per heavy atom. The second kappa shape index (κ2) is 4.23. The van der Waals surface area contributed by atoms with E-state index in [0.29, 0.717) is 6.04 Å². The molecular weight excluding hydrogens is 196 g/mol. The van der Waals surface area contributed by atoms with Gasteiger partial charge in [0.15, 0.2) is 5.11 Å². The molecule has 4 nitrogen and oxygen atoms in total. The van der Waals surface area contributed by atoms with Crippen molar-refractivity contribution in [3.8, 4) is 0 Å². The second-order valence-electron chi connectivity index (χ2n) is 3.88. The van der Waals surface area contributed by atoms with Crippen molar-refractivity contribution in [1.29, 1.82) is 0 Å². The number of fused-ring (bicyclic) bond motifs is 1. The van der Waals surface area contributed by atoms with Crippen molar-refractivity contribution in [3.05, 3.63) is 0 Å². The predicted molar refractivity (Wildman–Crippen MR) is 61.2 cm³/mol. The third-order valence-electron chi connectivity index (χ3n) is 2.96. The number of hydrazone groups is 1. The smallest absolute Gasteiger partial charge is 0.184 e. The van der Waals surface area contributed by atoms with E-state index < -0.39 is 0 Å². The van der Waals surface area contributed by atoms with Crippen molar-refractivity contribution < 1.29 is 0 Å². The first-order valence-corrected chi connectivity index (χ1v) is 5.54. The number of nitrogens with one attached hydrogen (secondary N) is 1. The summed E-state index contributed by atoms with van der Waals surface area (Å²) in [4.78, 5) is 2.50.